The molecule has 1 aromatic rings. The minimum absolute atomic E-state index is 0.194. The van der Waals surface area contributed by atoms with Crippen molar-refractivity contribution in [3.8, 4) is 5.75 Å². The van der Waals surface area contributed by atoms with Crippen LogP contribution in [0, 0.1) is 17.8 Å². The van der Waals surface area contributed by atoms with E-state index in [-0.39, 0.29) is 12.2 Å². The Labute approximate surface area is 122 Å². The van der Waals surface area contributed by atoms with E-state index in [1.807, 2.05) is 38.1 Å². The minimum Gasteiger partial charge on any atom is -0.491 e. The summed E-state index contributed by atoms with van der Waals surface area (Å²) in [7, 11) is 0. The summed E-state index contributed by atoms with van der Waals surface area (Å²) in [5.74, 6) is 3.48. The predicted molar refractivity (Wildman–Crippen MR) is 80.7 cm³/mol. The van der Waals surface area contributed by atoms with Crippen LogP contribution >= 0.6 is 0 Å². The maximum atomic E-state index is 10.4. The van der Waals surface area contributed by atoms with Crippen molar-refractivity contribution in [1.82, 2.24) is 0 Å². The maximum Gasteiger partial charge on any atom is 0.119 e. The van der Waals surface area contributed by atoms with E-state index in [0.717, 1.165) is 35.5 Å². The van der Waals surface area contributed by atoms with Crippen LogP contribution in [0.4, 0.5) is 0 Å². The zero-order chi connectivity index (χ0) is 14.1. The first kappa shape index (κ1) is 13.9. The lowest BCUT2D eigenvalue weighted by Gasteiger charge is -2.24. The van der Waals surface area contributed by atoms with Gasteiger partial charge >= 0.3 is 0 Å². The van der Waals surface area contributed by atoms with Gasteiger partial charge in [-0.15, -0.1) is 0 Å². The van der Waals surface area contributed by atoms with Gasteiger partial charge in [-0.25, -0.2) is 0 Å². The number of fused-ring (bicyclic) bond motifs is 2. The van der Waals surface area contributed by atoms with Gasteiger partial charge in [-0.3, -0.25) is 0 Å². The summed E-state index contributed by atoms with van der Waals surface area (Å²) in [6, 6.07) is 7.96. The summed E-state index contributed by atoms with van der Waals surface area (Å²) in [5, 5.41) is 10.4. The number of hydrogen-bond donors (Lipinski definition) is 1. The Bertz CT molecular complexity index is 437. The van der Waals surface area contributed by atoms with Crippen LogP contribution < -0.4 is 4.74 Å². The lowest BCUT2D eigenvalue weighted by molar-refractivity contribution is 0.125. The summed E-state index contributed by atoms with van der Waals surface area (Å²) < 4.78 is 5.64. The summed E-state index contributed by atoms with van der Waals surface area (Å²) in [6.45, 7) is 4.05. The molecule has 4 atom stereocenters. The first-order chi connectivity index (χ1) is 9.61. The van der Waals surface area contributed by atoms with E-state index < -0.39 is 0 Å². The second kappa shape index (κ2) is 5.77. The van der Waals surface area contributed by atoms with Crippen LogP contribution in [0.2, 0.25) is 0 Å². The van der Waals surface area contributed by atoms with Crippen LogP contribution in [0.15, 0.2) is 24.3 Å². The number of ether oxygens (including phenoxy) is 1. The van der Waals surface area contributed by atoms with Crippen molar-refractivity contribution in [2.24, 2.45) is 17.8 Å². The average Bonchev–Trinajstić information content (AvgIpc) is 3.01. The van der Waals surface area contributed by atoms with Gasteiger partial charge < -0.3 is 9.84 Å². The lowest BCUT2D eigenvalue weighted by atomic mass is 9.83. The van der Waals surface area contributed by atoms with Crippen LogP contribution in [0.25, 0.3) is 0 Å². The highest BCUT2D eigenvalue weighted by molar-refractivity contribution is 5.28. The van der Waals surface area contributed by atoms with Gasteiger partial charge in [-0.05, 0) is 75.0 Å². The molecule has 2 nitrogen and oxygen atoms in total. The summed E-state index contributed by atoms with van der Waals surface area (Å²) >= 11 is 0. The maximum absolute atomic E-state index is 10.4. The largest absolute Gasteiger partial charge is 0.491 e. The molecule has 2 saturated carbocycles. The predicted octanol–water partition coefficient (Wildman–Crippen LogP) is 4.33. The highest BCUT2D eigenvalue weighted by Crippen LogP contribution is 2.50. The molecule has 2 bridgehead atoms. The molecule has 2 fully saturated rings. The summed E-state index contributed by atoms with van der Waals surface area (Å²) in [4.78, 5) is 0. The Morgan fingerprint density at radius 3 is 2.45 bits per heavy atom. The molecule has 2 heteroatoms. The van der Waals surface area contributed by atoms with Crippen LogP contribution in [-0.2, 0) is 0 Å². The van der Waals surface area contributed by atoms with E-state index in [2.05, 4.69) is 0 Å². The molecule has 0 aromatic heterocycles. The van der Waals surface area contributed by atoms with Crippen LogP contribution in [0.5, 0.6) is 5.75 Å². The molecule has 1 aromatic carbocycles. The van der Waals surface area contributed by atoms with E-state index in [1.165, 1.54) is 25.7 Å². The minimum atomic E-state index is -0.313. The van der Waals surface area contributed by atoms with Crippen molar-refractivity contribution in [3.63, 3.8) is 0 Å². The number of aliphatic hydroxyl groups excluding tert-OH is 1. The van der Waals surface area contributed by atoms with E-state index in [1.54, 1.807) is 0 Å². The quantitative estimate of drug-likeness (QED) is 0.865. The van der Waals surface area contributed by atoms with Crippen molar-refractivity contribution in [1.29, 1.82) is 0 Å². The molecule has 0 radical (unpaired) electrons. The van der Waals surface area contributed by atoms with E-state index in [0.29, 0.717) is 0 Å². The van der Waals surface area contributed by atoms with Crippen LogP contribution in [0.3, 0.4) is 0 Å². The Hall–Kier alpha value is -1.02. The topological polar surface area (TPSA) is 29.5 Å². The van der Waals surface area contributed by atoms with Crippen LogP contribution in [0.1, 0.15) is 57.6 Å². The van der Waals surface area contributed by atoms with Crippen molar-refractivity contribution in [3.05, 3.63) is 29.8 Å². The number of rotatable bonds is 5. The molecule has 3 rings (SSSR count). The highest BCUT2D eigenvalue weighted by atomic mass is 16.5. The molecular formula is C18H26O2. The molecule has 0 amide bonds. The summed E-state index contributed by atoms with van der Waals surface area (Å²) in [6.07, 6.45) is 6.40. The van der Waals surface area contributed by atoms with Gasteiger partial charge in [-0.1, -0.05) is 18.6 Å². The Morgan fingerprint density at radius 1 is 1.15 bits per heavy atom. The first-order valence-corrected chi connectivity index (χ1v) is 8.06. The zero-order valence-corrected chi connectivity index (χ0v) is 12.6. The third-order valence-corrected chi connectivity index (χ3v) is 5.05. The molecule has 0 saturated heterocycles. The standard InChI is InChI=1S/C18H26O2/c1-12(2)20-17-7-5-14(6-8-17)18(19)11-16-10-13-3-4-15(16)9-13/h5-8,12-13,15-16,18-19H,3-4,9-11H2,1-2H3. The second-order valence-electron chi connectivity index (χ2n) is 6.92. The molecule has 20 heavy (non-hydrogen) atoms. The molecule has 0 aliphatic heterocycles. The fraction of sp³-hybridized carbons (Fsp3) is 0.667. The van der Waals surface area contributed by atoms with Gasteiger partial charge in [0.25, 0.3) is 0 Å². The van der Waals surface area contributed by atoms with Gasteiger partial charge in [0.1, 0.15) is 5.75 Å². The van der Waals surface area contributed by atoms with Crippen LogP contribution in [-0.4, -0.2) is 11.2 Å². The Kier molecular flexibility index (Phi) is 4.02. The molecular weight excluding hydrogens is 248 g/mol. The van der Waals surface area contributed by atoms with Crippen molar-refractivity contribution >= 4 is 0 Å². The van der Waals surface area contributed by atoms with Crippen molar-refractivity contribution in [2.75, 3.05) is 0 Å². The highest BCUT2D eigenvalue weighted by Gasteiger charge is 2.40. The van der Waals surface area contributed by atoms with E-state index in [4.69, 9.17) is 4.74 Å². The second-order valence-corrected chi connectivity index (χ2v) is 6.92. The fourth-order valence-electron chi connectivity index (χ4n) is 4.13. The third kappa shape index (κ3) is 3.01. The molecule has 1 N–H and O–H groups in total. The lowest BCUT2D eigenvalue weighted by Crippen LogP contribution is -2.14. The monoisotopic (exact) mass is 274 g/mol. The summed E-state index contributed by atoms with van der Waals surface area (Å²) in [5.41, 5.74) is 1.03. The first-order valence-electron chi connectivity index (χ1n) is 8.06. The molecule has 2 aliphatic rings. The average molecular weight is 274 g/mol. The molecule has 110 valence electrons. The number of benzene rings is 1. The fourth-order valence-corrected chi connectivity index (χ4v) is 4.13. The zero-order valence-electron chi connectivity index (χ0n) is 12.6. The number of hydrogen-bond acceptors (Lipinski definition) is 2. The van der Waals surface area contributed by atoms with Crippen molar-refractivity contribution in [2.45, 2.75) is 58.2 Å². The van der Waals surface area contributed by atoms with Gasteiger partial charge in [0.05, 0.1) is 12.2 Å². The molecule has 4 unspecified atom stereocenters. The molecule has 2 aliphatic carbocycles. The molecule has 0 heterocycles. The smallest absolute Gasteiger partial charge is 0.119 e. The van der Waals surface area contributed by atoms with Crippen molar-refractivity contribution < 1.29 is 9.84 Å². The van der Waals surface area contributed by atoms with Gasteiger partial charge in [-0.2, -0.15) is 0 Å². The third-order valence-electron chi connectivity index (χ3n) is 5.05. The van der Waals surface area contributed by atoms with Gasteiger partial charge in [0, 0.05) is 0 Å². The van der Waals surface area contributed by atoms with Gasteiger partial charge in [0.2, 0.25) is 0 Å². The normalized spacial score (nSPS) is 29.9. The Balaban J connectivity index is 1.58. The SMILES string of the molecule is CC(C)Oc1ccc(C(O)CC2CC3CCC2C3)cc1. The van der Waals surface area contributed by atoms with Gasteiger partial charge in [0.15, 0.2) is 0 Å². The number of aliphatic hydroxyl groups is 1. The van der Waals surface area contributed by atoms with E-state index in [9.17, 15) is 5.11 Å². The molecule has 0 spiro atoms. The Morgan fingerprint density at radius 2 is 1.90 bits per heavy atom. The van der Waals surface area contributed by atoms with E-state index >= 15 is 0 Å².